The van der Waals surface area contributed by atoms with Crippen LogP contribution in [0.15, 0.2) is 30.3 Å². The van der Waals surface area contributed by atoms with E-state index in [9.17, 15) is 18.0 Å². The molecule has 1 atom stereocenters. The van der Waals surface area contributed by atoms with Gasteiger partial charge in [0.15, 0.2) is 0 Å². The van der Waals surface area contributed by atoms with Gasteiger partial charge in [-0.25, -0.2) is 0 Å². The SMILES string of the molecule is O=C[C@H](Cc1ccccc1)C(F)(F)F. The van der Waals surface area contributed by atoms with Crippen molar-refractivity contribution in [1.82, 2.24) is 0 Å². The average molecular weight is 202 g/mol. The minimum absolute atomic E-state index is 0.0486. The molecule has 0 aliphatic heterocycles. The van der Waals surface area contributed by atoms with Crippen LogP contribution in [-0.2, 0) is 11.2 Å². The van der Waals surface area contributed by atoms with E-state index in [4.69, 9.17) is 0 Å². The van der Waals surface area contributed by atoms with Crippen LogP contribution in [0.1, 0.15) is 5.56 Å². The van der Waals surface area contributed by atoms with Gasteiger partial charge in [0.1, 0.15) is 12.2 Å². The van der Waals surface area contributed by atoms with Gasteiger partial charge in [0.25, 0.3) is 0 Å². The summed E-state index contributed by atoms with van der Waals surface area (Å²) in [6.45, 7) is 0. The number of hydrogen-bond acceptors (Lipinski definition) is 1. The van der Waals surface area contributed by atoms with E-state index in [1.165, 1.54) is 0 Å². The molecule has 0 aromatic heterocycles. The van der Waals surface area contributed by atoms with Gasteiger partial charge in [-0.05, 0) is 12.0 Å². The van der Waals surface area contributed by atoms with Gasteiger partial charge in [0.05, 0.1) is 0 Å². The van der Waals surface area contributed by atoms with Crippen molar-refractivity contribution < 1.29 is 18.0 Å². The van der Waals surface area contributed by atoms with Gasteiger partial charge in [-0.1, -0.05) is 30.3 Å². The smallest absolute Gasteiger partial charge is 0.303 e. The maximum absolute atomic E-state index is 12.2. The van der Waals surface area contributed by atoms with Crippen molar-refractivity contribution in [3.8, 4) is 0 Å². The largest absolute Gasteiger partial charge is 0.398 e. The van der Waals surface area contributed by atoms with Crippen molar-refractivity contribution in [3.05, 3.63) is 35.9 Å². The van der Waals surface area contributed by atoms with Crippen molar-refractivity contribution in [2.45, 2.75) is 12.6 Å². The van der Waals surface area contributed by atoms with Crippen LogP contribution in [0, 0.1) is 5.92 Å². The molecule has 0 saturated carbocycles. The number of carbonyl (C=O) groups is 1. The van der Waals surface area contributed by atoms with E-state index in [0.717, 1.165) is 0 Å². The first kappa shape index (κ1) is 10.8. The molecule has 0 N–H and O–H groups in total. The van der Waals surface area contributed by atoms with Gasteiger partial charge in [-0.2, -0.15) is 13.2 Å². The minimum atomic E-state index is -4.45. The summed E-state index contributed by atoms with van der Waals surface area (Å²) in [4.78, 5) is 10.2. The summed E-state index contributed by atoms with van der Waals surface area (Å²) >= 11 is 0. The fourth-order valence-electron chi connectivity index (χ4n) is 1.11. The molecule has 0 aliphatic rings. The predicted octanol–water partition coefficient (Wildman–Crippen LogP) is 2.61. The number of rotatable bonds is 3. The fraction of sp³-hybridized carbons (Fsp3) is 0.300. The van der Waals surface area contributed by atoms with Gasteiger partial charge < -0.3 is 4.79 Å². The Morgan fingerprint density at radius 3 is 2.21 bits per heavy atom. The maximum Gasteiger partial charge on any atom is 0.398 e. The molecule has 0 amide bonds. The number of benzene rings is 1. The zero-order valence-electron chi connectivity index (χ0n) is 7.29. The summed E-state index contributed by atoms with van der Waals surface area (Å²) in [6, 6.07) is 8.15. The molecule has 4 heteroatoms. The van der Waals surface area contributed by atoms with Crippen LogP contribution < -0.4 is 0 Å². The molecule has 0 heterocycles. The number of aldehydes is 1. The predicted molar refractivity (Wildman–Crippen MR) is 45.8 cm³/mol. The fourth-order valence-corrected chi connectivity index (χ4v) is 1.11. The third-order valence-corrected chi connectivity index (χ3v) is 1.88. The van der Waals surface area contributed by atoms with Crippen LogP contribution in [0.25, 0.3) is 0 Å². The van der Waals surface area contributed by atoms with Crippen molar-refractivity contribution in [2.24, 2.45) is 5.92 Å². The molecule has 0 aliphatic carbocycles. The van der Waals surface area contributed by atoms with E-state index in [0.29, 0.717) is 5.56 Å². The highest BCUT2D eigenvalue weighted by Crippen LogP contribution is 2.27. The number of alkyl halides is 3. The first-order chi connectivity index (χ1) is 6.54. The summed E-state index contributed by atoms with van der Waals surface area (Å²) in [7, 11) is 0. The summed E-state index contributed by atoms with van der Waals surface area (Å²) in [6.07, 6.45) is -4.78. The van der Waals surface area contributed by atoms with Crippen LogP contribution in [0.2, 0.25) is 0 Å². The van der Waals surface area contributed by atoms with E-state index in [1.807, 2.05) is 0 Å². The molecule has 76 valence electrons. The highest BCUT2D eigenvalue weighted by molar-refractivity contribution is 5.55. The quantitative estimate of drug-likeness (QED) is 0.688. The Bertz CT molecular complexity index is 292. The minimum Gasteiger partial charge on any atom is -0.303 e. The molecule has 0 fully saturated rings. The zero-order chi connectivity index (χ0) is 10.6. The molecular weight excluding hydrogens is 193 g/mol. The monoisotopic (exact) mass is 202 g/mol. The molecule has 1 rings (SSSR count). The first-order valence-electron chi connectivity index (χ1n) is 4.10. The lowest BCUT2D eigenvalue weighted by molar-refractivity contribution is -0.174. The lowest BCUT2D eigenvalue weighted by atomic mass is 10.0. The molecular formula is C10H9F3O. The zero-order valence-corrected chi connectivity index (χ0v) is 7.29. The summed E-state index contributed by atoms with van der Waals surface area (Å²) < 4.78 is 36.5. The Labute approximate surface area is 79.5 Å². The van der Waals surface area contributed by atoms with Crippen molar-refractivity contribution >= 4 is 6.29 Å². The molecule has 14 heavy (non-hydrogen) atoms. The second kappa shape index (κ2) is 4.26. The van der Waals surface area contributed by atoms with Gasteiger partial charge in [0.2, 0.25) is 0 Å². The number of hydrogen-bond donors (Lipinski definition) is 0. The second-order valence-corrected chi connectivity index (χ2v) is 2.97. The summed E-state index contributed by atoms with van der Waals surface area (Å²) in [5.41, 5.74) is 0.516. The Morgan fingerprint density at radius 2 is 1.79 bits per heavy atom. The van der Waals surface area contributed by atoms with Crippen LogP contribution in [0.3, 0.4) is 0 Å². The van der Waals surface area contributed by atoms with Crippen LogP contribution >= 0.6 is 0 Å². The highest BCUT2D eigenvalue weighted by atomic mass is 19.4. The molecule has 0 bridgehead atoms. The molecule has 0 radical (unpaired) electrons. The normalized spacial score (nSPS) is 13.6. The number of carbonyl (C=O) groups excluding carboxylic acids is 1. The summed E-state index contributed by atoms with van der Waals surface area (Å²) in [5.74, 6) is -1.90. The van der Waals surface area contributed by atoms with E-state index in [2.05, 4.69) is 0 Å². The molecule has 1 nitrogen and oxygen atoms in total. The Morgan fingerprint density at radius 1 is 1.21 bits per heavy atom. The standard InChI is InChI=1S/C10H9F3O/c11-10(12,13)9(7-14)6-8-4-2-1-3-5-8/h1-5,7,9H,6H2/t9-/m0/s1. The molecule has 1 aromatic rings. The van der Waals surface area contributed by atoms with Crippen LogP contribution in [-0.4, -0.2) is 12.5 Å². The number of halogens is 3. The third-order valence-electron chi connectivity index (χ3n) is 1.88. The average Bonchev–Trinajstić information content (AvgIpc) is 2.14. The second-order valence-electron chi connectivity index (χ2n) is 2.97. The molecule has 1 aromatic carbocycles. The lowest BCUT2D eigenvalue weighted by Gasteiger charge is -2.13. The van der Waals surface area contributed by atoms with E-state index < -0.39 is 12.1 Å². The van der Waals surface area contributed by atoms with Crippen molar-refractivity contribution in [1.29, 1.82) is 0 Å². The topological polar surface area (TPSA) is 17.1 Å². The van der Waals surface area contributed by atoms with Crippen molar-refractivity contribution in [2.75, 3.05) is 0 Å². The van der Waals surface area contributed by atoms with E-state index in [-0.39, 0.29) is 12.7 Å². The molecule has 0 saturated heterocycles. The maximum atomic E-state index is 12.2. The Hall–Kier alpha value is -1.32. The van der Waals surface area contributed by atoms with Crippen LogP contribution in [0.5, 0.6) is 0 Å². The van der Waals surface area contributed by atoms with Gasteiger partial charge in [0, 0.05) is 0 Å². The van der Waals surface area contributed by atoms with Crippen molar-refractivity contribution in [3.63, 3.8) is 0 Å². The highest BCUT2D eigenvalue weighted by Gasteiger charge is 2.39. The molecule has 0 unspecified atom stereocenters. The van der Waals surface area contributed by atoms with E-state index >= 15 is 0 Å². The molecule has 0 spiro atoms. The lowest BCUT2D eigenvalue weighted by Crippen LogP contribution is -2.26. The van der Waals surface area contributed by atoms with Gasteiger partial charge in [-0.3, -0.25) is 0 Å². The van der Waals surface area contributed by atoms with Gasteiger partial charge in [-0.15, -0.1) is 0 Å². The first-order valence-corrected chi connectivity index (χ1v) is 4.10. The van der Waals surface area contributed by atoms with E-state index in [1.54, 1.807) is 30.3 Å². The van der Waals surface area contributed by atoms with Gasteiger partial charge >= 0.3 is 6.18 Å². The van der Waals surface area contributed by atoms with Crippen LogP contribution in [0.4, 0.5) is 13.2 Å². The Kier molecular flexibility index (Phi) is 3.28. The third kappa shape index (κ3) is 2.87. The Balaban J connectivity index is 2.72. The summed E-state index contributed by atoms with van der Waals surface area (Å²) in [5, 5.41) is 0.